The molecule has 0 saturated carbocycles. The van der Waals surface area contributed by atoms with Gasteiger partial charge >= 0.3 is 5.97 Å². The molecule has 0 aromatic carbocycles. The Balaban J connectivity index is 2.53. The number of alkyl halides is 1. The molecule has 5 heteroatoms. The fraction of sp³-hybridized carbons (Fsp3) is 0.923. The van der Waals surface area contributed by atoms with Gasteiger partial charge in [-0.25, -0.2) is 0 Å². The van der Waals surface area contributed by atoms with Crippen molar-refractivity contribution in [1.82, 2.24) is 0 Å². The molecule has 1 heterocycles. The quantitative estimate of drug-likeness (QED) is 0.435. The second kappa shape index (κ2) is 6.05. The lowest BCUT2D eigenvalue weighted by molar-refractivity contribution is -0.295. The lowest BCUT2D eigenvalue weighted by Crippen LogP contribution is -2.46. The van der Waals surface area contributed by atoms with E-state index in [0.717, 1.165) is 10.8 Å². The predicted octanol–water partition coefficient (Wildman–Crippen LogP) is 3.06. The zero-order chi connectivity index (χ0) is 14.0. The van der Waals surface area contributed by atoms with Gasteiger partial charge in [0.15, 0.2) is 5.79 Å². The van der Waals surface area contributed by atoms with Gasteiger partial charge in [0.05, 0.1) is 18.6 Å². The third-order valence-electron chi connectivity index (χ3n) is 2.41. The highest BCUT2D eigenvalue weighted by atomic mass is 127. The lowest BCUT2D eigenvalue weighted by Gasteiger charge is -2.40. The number of carbonyl (C=O) groups excluding carboxylic acids is 1. The Morgan fingerprint density at radius 2 is 1.89 bits per heavy atom. The van der Waals surface area contributed by atoms with E-state index in [1.807, 2.05) is 34.6 Å². The largest absolute Gasteiger partial charge is 0.460 e. The number of halogens is 1. The van der Waals surface area contributed by atoms with Crippen LogP contribution in [0.3, 0.4) is 0 Å². The average Bonchev–Trinajstić information content (AvgIpc) is 2.11. The summed E-state index contributed by atoms with van der Waals surface area (Å²) in [5.74, 6) is -0.835. The Morgan fingerprint density at radius 1 is 1.33 bits per heavy atom. The van der Waals surface area contributed by atoms with Crippen molar-refractivity contribution in [2.24, 2.45) is 0 Å². The van der Waals surface area contributed by atoms with Crippen molar-refractivity contribution in [3.05, 3.63) is 0 Å². The van der Waals surface area contributed by atoms with Crippen molar-refractivity contribution in [1.29, 1.82) is 0 Å². The van der Waals surface area contributed by atoms with Crippen LogP contribution in [0, 0.1) is 0 Å². The maximum absolute atomic E-state index is 11.8. The fourth-order valence-electron chi connectivity index (χ4n) is 2.01. The Kier molecular flexibility index (Phi) is 5.44. The van der Waals surface area contributed by atoms with Gasteiger partial charge in [-0.2, -0.15) is 0 Å². The van der Waals surface area contributed by atoms with Gasteiger partial charge in [-0.3, -0.25) is 4.79 Å². The third kappa shape index (κ3) is 5.84. The maximum atomic E-state index is 11.8. The first-order chi connectivity index (χ1) is 8.11. The average molecular weight is 370 g/mol. The molecule has 0 amide bonds. The normalized spacial score (nSPS) is 27.9. The van der Waals surface area contributed by atoms with Crippen molar-refractivity contribution in [3.63, 3.8) is 0 Å². The number of carbonyl (C=O) groups is 1. The Bertz CT molecular complexity index is 296. The van der Waals surface area contributed by atoms with E-state index in [0.29, 0.717) is 0 Å². The zero-order valence-corrected chi connectivity index (χ0v) is 13.9. The molecule has 1 fully saturated rings. The topological polar surface area (TPSA) is 44.8 Å². The third-order valence-corrected chi connectivity index (χ3v) is 3.40. The van der Waals surface area contributed by atoms with Gasteiger partial charge in [-0.1, -0.05) is 22.6 Å². The summed E-state index contributed by atoms with van der Waals surface area (Å²) in [6.07, 6.45) is 1.05. The fourth-order valence-corrected chi connectivity index (χ4v) is 2.55. The number of hydrogen-bond donors (Lipinski definition) is 0. The first-order valence-corrected chi connectivity index (χ1v) is 7.77. The van der Waals surface area contributed by atoms with Gasteiger partial charge < -0.3 is 14.2 Å². The van der Waals surface area contributed by atoms with E-state index in [1.54, 1.807) is 0 Å². The summed E-state index contributed by atoms with van der Waals surface area (Å²) >= 11 is 2.29. The summed E-state index contributed by atoms with van der Waals surface area (Å²) in [7, 11) is 0. The van der Waals surface area contributed by atoms with Crippen molar-refractivity contribution >= 4 is 28.6 Å². The molecule has 106 valence electrons. The molecule has 1 rings (SSSR count). The Morgan fingerprint density at radius 3 is 2.39 bits per heavy atom. The molecule has 0 bridgehead atoms. The Labute approximate surface area is 123 Å². The summed E-state index contributed by atoms with van der Waals surface area (Å²) in [5, 5.41) is 0. The minimum absolute atomic E-state index is 0.122. The summed E-state index contributed by atoms with van der Waals surface area (Å²) < 4.78 is 17.7. The van der Waals surface area contributed by atoms with E-state index in [1.165, 1.54) is 0 Å². The number of rotatable bonds is 3. The van der Waals surface area contributed by atoms with Crippen LogP contribution < -0.4 is 0 Å². The second-order valence-electron chi connectivity index (χ2n) is 6.06. The van der Waals surface area contributed by atoms with Crippen LogP contribution in [-0.2, 0) is 19.0 Å². The number of esters is 1. The molecule has 1 saturated heterocycles. The molecular formula is C13H23IO4. The molecule has 1 aliphatic heterocycles. The van der Waals surface area contributed by atoms with Crippen molar-refractivity contribution in [3.8, 4) is 0 Å². The van der Waals surface area contributed by atoms with Crippen LogP contribution in [0.25, 0.3) is 0 Å². The summed E-state index contributed by atoms with van der Waals surface area (Å²) in [6.45, 7) is 9.37. The van der Waals surface area contributed by atoms with Crippen LogP contribution in [0.5, 0.6) is 0 Å². The molecule has 2 atom stereocenters. The van der Waals surface area contributed by atoms with Crippen LogP contribution in [0.1, 0.15) is 47.5 Å². The summed E-state index contributed by atoms with van der Waals surface area (Å²) in [6, 6.07) is 0. The zero-order valence-electron chi connectivity index (χ0n) is 11.8. The molecule has 2 unspecified atom stereocenters. The number of ether oxygens (including phenoxy) is 3. The van der Waals surface area contributed by atoms with E-state index in [2.05, 4.69) is 22.6 Å². The van der Waals surface area contributed by atoms with Crippen LogP contribution in [-0.4, -0.2) is 34.0 Å². The molecule has 4 nitrogen and oxygen atoms in total. The van der Waals surface area contributed by atoms with Crippen molar-refractivity contribution in [2.75, 3.05) is 4.43 Å². The van der Waals surface area contributed by atoms with Gasteiger partial charge in [0.25, 0.3) is 0 Å². The molecule has 0 radical (unpaired) electrons. The van der Waals surface area contributed by atoms with Gasteiger partial charge in [0.2, 0.25) is 0 Å². The summed E-state index contributed by atoms with van der Waals surface area (Å²) in [4.78, 5) is 11.8. The van der Waals surface area contributed by atoms with Crippen LogP contribution in [0.15, 0.2) is 0 Å². The van der Waals surface area contributed by atoms with Gasteiger partial charge in [0, 0.05) is 10.8 Å². The highest BCUT2D eigenvalue weighted by molar-refractivity contribution is 14.1. The molecule has 0 aromatic rings. The highest BCUT2D eigenvalue weighted by Gasteiger charge is 2.36. The number of hydrogen-bond acceptors (Lipinski definition) is 4. The highest BCUT2D eigenvalue weighted by Crippen LogP contribution is 2.29. The van der Waals surface area contributed by atoms with Crippen LogP contribution in [0.2, 0.25) is 0 Å². The minimum Gasteiger partial charge on any atom is -0.460 e. The Hall–Kier alpha value is 0.120. The first kappa shape index (κ1) is 16.2. The predicted molar refractivity (Wildman–Crippen MR) is 77.8 cm³/mol. The van der Waals surface area contributed by atoms with Gasteiger partial charge in [-0.05, 0) is 34.6 Å². The van der Waals surface area contributed by atoms with E-state index >= 15 is 0 Å². The molecule has 0 spiro atoms. The van der Waals surface area contributed by atoms with E-state index in [4.69, 9.17) is 14.2 Å². The standard InChI is InChI=1S/C13H23IO4/c1-12(2,3)18-11(15)7-9-6-10(8-14)17-13(4,5)16-9/h9-10H,6-8H2,1-5H3. The van der Waals surface area contributed by atoms with E-state index in [9.17, 15) is 4.79 Å². The monoisotopic (exact) mass is 370 g/mol. The van der Waals surface area contributed by atoms with Crippen LogP contribution in [0.4, 0.5) is 0 Å². The van der Waals surface area contributed by atoms with Gasteiger partial charge in [-0.15, -0.1) is 0 Å². The maximum Gasteiger partial charge on any atom is 0.308 e. The molecule has 0 aromatic heterocycles. The summed E-state index contributed by atoms with van der Waals surface area (Å²) in [5.41, 5.74) is -0.444. The molecule has 1 aliphatic rings. The minimum atomic E-state index is -0.624. The first-order valence-electron chi connectivity index (χ1n) is 6.25. The van der Waals surface area contributed by atoms with E-state index < -0.39 is 11.4 Å². The molecule has 18 heavy (non-hydrogen) atoms. The van der Waals surface area contributed by atoms with Crippen molar-refractivity contribution < 1.29 is 19.0 Å². The molecule has 0 N–H and O–H groups in total. The van der Waals surface area contributed by atoms with Gasteiger partial charge in [0.1, 0.15) is 5.60 Å². The smallest absolute Gasteiger partial charge is 0.308 e. The molecule has 0 aliphatic carbocycles. The second-order valence-corrected chi connectivity index (χ2v) is 6.94. The lowest BCUT2D eigenvalue weighted by atomic mass is 10.1. The van der Waals surface area contributed by atoms with Crippen LogP contribution >= 0.6 is 22.6 Å². The van der Waals surface area contributed by atoms with E-state index in [-0.39, 0.29) is 24.6 Å². The molecular weight excluding hydrogens is 347 g/mol. The SMILES string of the molecule is CC(C)(C)OC(=O)CC1CC(CI)OC(C)(C)O1. The van der Waals surface area contributed by atoms with Crippen molar-refractivity contribution in [2.45, 2.75) is 71.1 Å².